The van der Waals surface area contributed by atoms with Gasteiger partial charge in [0.2, 0.25) is 0 Å². The van der Waals surface area contributed by atoms with Gasteiger partial charge in [0.25, 0.3) is 0 Å². The van der Waals surface area contributed by atoms with E-state index in [1.165, 1.54) is 4.70 Å². The van der Waals surface area contributed by atoms with Crippen LogP contribution >= 0.6 is 23.6 Å². The highest BCUT2D eigenvalue weighted by Gasteiger charge is 2.20. The average molecular weight is 379 g/mol. The molecule has 1 aromatic carbocycles. The monoisotopic (exact) mass is 378 g/mol. The highest BCUT2D eigenvalue weighted by molar-refractivity contribution is 7.80. The number of aliphatic hydroxyl groups excluding tert-OH is 1. The molecule has 2 aromatic rings. The molecule has 3 rings (SSSR count). The fourth-order valence-electron chi connectivity index (χ4n) is 2.84. The predicted octanol–water partition coefficient (Wildman–Crippen LogP) is 2.90. The van der Waals surface area contributed by atoms with E-state index >= 15 is 0 Å². The van der Waals surface area contributed by atoms with E-state index in [1.54, 1.807) is 11.3 Å². The van der Waals surface area contributed by atoms with Crippen molar-refractivity contribution >= 4 is 44.6 Å². The number of nitrogens with one attached hydrogen (secondary N) is 1. The first-order valence-electron chi connectivity index (χ1n) is 8.67. The smallest absolute Gasteiger partial charge is 0.173 e. The zero-order valence-corrected chi connectivity index (χ0v) is 16.7. The lowest BCUT2D eigenvalue weighted by Gasteiger charge is -2.35. The molecule has 0 amide bonds. The molecule has 2 heterocycles. The Bertz CT molecular complexity index is 745. The first-order chi connectivity index (χ1) is 11.9. The third-order valence-electron chi connectivity index (χ3n) is 4.36. The number of benzene rings is 1. The maximum Gasteiger partial charge on any atom is 0.173 e. The number of hydrogen-bond acceptors (Lipinski definition) is 5. The van der Waals surface area contributed by atoms with Crippen LogP contribution in [0.2, 0.25) is 0 Å². The molecule has 1 aliphatic rings. The fourth-order valence-corrected chi connectivity index (χ4v) is 4.20. The van der Waals surface area contributed by atoms with Gasteiger partial charge < -0.3 is 15.3 Å². The molecule has 2 N–H and O–H groups in total. The van der Waals surface area contributed by atoms with E-state index in [4.69, 9.17) is 22.3 Å². The molecule has 0 atom stereocenters. The molecule has 25 heavy (non-hydrogen) atoms. The van der Waals surface area contributed by atoms with Crippen LogP contribution in [0.25, 0.3) is 10.2 Å². The number of aliphatic hydroxyl groups is 1. The Morgan fingerprint density at radius 1 is 1.28 bits per heavy atom. The van der Waals surface area contributed by atoms with Crippen LogP contribution in [0.4, 0.5) is 5.69 Å². The minimum absolute atomic E-state index is 0.0703. The molecule has 0 radical (unpaired) electrons. The van der Waals surface area contributed by atoms with Gasteiger partial charge in [0.15, 0.2) is 5.11 Å². The second kappa shape index (κ2) is 7.53. The summed E-state index contributed by atoms with van der Waals surface area (Å²) in [5.41, 5.74) is 2.13. The summed E-state index contributed by atoms with van der Waals surface area (Å²) in [5.74, 6) is 0. The summed E-state index contributed by atoms with van der Waals surface area (Å²) in [6, 6.07) is 6.24. The molecule has 0 aliphatic carbocycles. The Kier molecular flexibility index (Phi) is 5.58. The molecule has 0 bridgehead atoms. The molecule has 7 heteroatoms. The number of thiazole rings is 1. The molecule has 5 nitrogen and oxygen atoms in total. The summed E-state index contributed by atoms with van der Waals surface area (Å²) in [5, 5.41) is 14.3. The van der Waals surface area contributed by atoms with Crippen molar-refractivity contribution < 1.29 is 5.11 Å². The maximum atomic E-state index is 9.03. The van der Waals surface area contributed by atoms with Crippen LogP contribution in [-0.4, -0.2) is 64.3 Å². The summed E-state index contributed by atoms with van der Waals surface area (Å²) in [4.78, 5) is 9.20. The number of fused-ring (bicyclic) bond motifs is 1. The first-order valence-corrected chi connectivity index (χ1v) is 9.89. The summed E-state index contributed by atoms with van der Waals surface area (Å²) >= 11 is 7.33. The molecule has 1 aromatic heterocycles. The molecule has 1 saturated heterocycles. The van der Waals surface area contributed by atoms with Crippen molar-refractivity contribution in [3.8, 4) is 0 Å². The Hall–Kier alpha value is -1.28. The summed E-state index contributed by atoms with van der Waals surface area (Å²) < 4.78 is 1.19. The van der Waals surface area contributed by atoms with E-state index in [2.05, 4.69) is 48.0 Å². The van der Waals surface area contributed by atoms with Gasteiger partial charge in [0.05, 0.1) is 21.8 Å². The number of anilines is 1. The normalized spacial score (nSPS) is 16.4. The van der Waals surface area contributed by atoms with E-state index in [1.807, 2.05) is 6.07 Å². The van der Waals surface area contributed by atoms with E-state index in [0.29, 0.717) is 0 Å². The first kappa shape index (κ1) is 18.5. The number of piperazine rings is 1. The van der Waals surface area contributed by atoms with Crippen LogP contribution in [0.3, 0.4) is 0 Å². The van der Waals surface area contributed by atoms with Gasteiger partial charge >= 0.3 is 0 Å². The second-order valence-corrected chi connectivity index (χ2v) is 8.85. The van der Waals surface area contributed by atoms with Gasteiger partial charge in [-0.05, 0) is 30.4 Å². The van der Waals surface area contributed by atoms with Crippen LogP contribution in [0.15, 0.2) is 18.2 Å². The fraction of sp³-hybridized carbons (Fsp3) is 0.556. The van der Waals surface area contributed by atoms with Gasteiger partial charge in [-0.15, -0.1) is 11.3 Å². The largest absolute Gasteiger partial charge is 0.395 e. The quantitative estimate of drug-likeness (QED) is 0.801. The standard InChI is InChI=1S/C18H26N4OS2/c1-18(2,3)16-20-14-5-4-13(12-15(14)25-16)19-17(24)22-8-6-21(7-9-22)10-11-23/h4-5,12,23H,6-11H2,1-3H3,(H,19,24). The lowest BCUT2D eigenvalue weighted by Crippen LogP contribution is -2.50. The van der Waals surface area contributed by atoms with Gasteiger partial charge in [-0.2, -0.15) is 0 Å². The number of aromatic nitrogens is 1. The minimum atomic E-state index is 0.0703. The summed E-state index contributed by atoms with van der Waals surface area (Å²) in [7, 11) is 0. The van der Waals surface area contributed by atoms with Crippen molar-refractivity contribution in [3.05, 3.63) is 23.2 Å². The molecule has 1 aliphatic heterocycles. The molecular formula is C18H26N4OS2. The topological polar surface area (TPSA) is 51.6 Å². The average Bonchev–Trinajstić information content (AvgIpc) is 2.99. The SMILES string of the molecule is CC(C)(C)c1nc2ccc(NC(=S)N3CCN(CCO)CC3)cc2s1. The zero-order chi connectivity index (χ0) is 18.0. The number of nitrogens with zero attached hydrogens (tertiary/aromatic N) is 3. The van der Waals surface area contributed by atoms with Crippen molar-refractivity contribution in [1.82, 2.24) is 14.8 Å². The highest BCUT2D eigenvalue weighted by atomic mass is 32.1. The molecule has 136 valence electrons. The van der Waals surface area contributed by atoms with Gasteiger partial charge in [-0.3, -0.25) is 4.90 Å². The lowest BCUT2D eigenvalue weighted by molar-refractivity contribution is 0.148. The third-order valence-corrected chi connectivity index (χ3v) is 6.16. The Morgan fingerprint density at radius 2 is 2.00 bits per heavy atom. The molecule has 1 fully saturated rings. The van der Waals surface area contributed by atoms with Crippen LogP contribution in [-0.2, 0) is 5.41 Å². The zero-order valence-electron chi connectivity index (χ0n) is 15.1. The number of rotatable bonds is 3. The van der Waals surface area contributed by atoms with E-state index in [-0.39, 0.29) is 12.0 Å². The number of thiocarbonyl (C=S) groups is 1. The van der Waals surface area contributed by atoms with E-state index < -0.39 is 0 Å². The molecular weight excluding hydrogens is 352 g/mol. The minimum Gasteiger partial charge on any atom is -0.395 e. The molecule has 0 unspecified atom stereocenters. The Balaban J connectivity index is 1.65. The van der Waals surface area contributed by atoms with Crippen molar-refractivity contribution in [2.24, 2.45) is 0 Å². The third kappa shape index (κ3) is 4.47. The number of hydrogen-bond donors (Lipinski definition) is 2. The summed E-state index contributed by atoms with van der Waals surface area (Å²) in [6.45, 7) is 11.2. The second-order valence-electron chi connectivity index (χ2n) is 7.43. The Morgan fingerprint density at radius 3 is 2.64 bits per heavy atom. The van der Waals surface area contributed by atoms with Gasteiger partial charge in [0, 0.05) is 43.8 Å². The van der Waals surface area contributed by atoms with Crippen molar-refractivity contribution in [2.75, 3.05) is 44.6 Å². The van der Waals surface area contributed by atoms with Gasteiger partial charge in [-0.1, -0.05) is 20.8 Å². The predicted molar refractivity (Wildman–Crippen MR) is 110 cm³/mol. The van der Waals surface area contributed by atoms with Crippen molar-refractivity contribution in [3.63, 3.8) is 0 Å². The maximum absolute atomic E-state index is 9.03. The van der Waals surface area contributed by atoms with Crippen LogP contribution < -0.4 is 5.32 Å². The van der Waals surface area contributed by atoms with Crippen molar-refractivity contribution in [2.45, 2.75) is 26.2 Å². The van der Waals surface area contributed by atoms with Crippen LogP contribution in [0, 0.1) is 0 Å². The molecule has 0 saturated carbocycles. The van der Waals surface area contributed by atoms with Gasteiger partial charge in [0.1, 0.15) is 0 Å². The van der Waals surface area contributed by atoms with E-state index in [9.17, 15) is 0 Å². The van der Waals surface area contributed by atoms with Gasteiger partial charge in [-0.25, -0.2) is 4.98 Å². The van der Waals surface area contributed by atoms with Crippen LogP contribution in [0.5, 0.6) is 0 Å². The highest BCUT2D eigenvalue weighted by Crippen LogP contribution is 2.32. The van der Waals surface area contributed by atoms with Crippen molar-refractivity contribution in [1.29, 1.82) is 0 Å². The summed E-state index contributed by atoms with van der Waals surface area (Å²) in [6.07, 6.45) is 0. The molecule has 0 spiro atoms. The Labute approximate surface area is 158 Å². The number of β-amino-alcohol motifs (C(OH)–C–C–N with tert-alkyl or cyclic N) is 1. The van der Waals surface area contributed by atoms with Crippen LogP contribution in [0.1, 0.15) is 25.8 Å². The van der Waals surface area contributed by atoms with E-state index in [0.717, 1.165) is 54.0 Å². The lowest BCUT2D eigenvalue weighted by atomic mass is 9.98.